The molecule has 0 bridgehead atoms. The zero-order chi connectivity index (χ0) is 25.8. The number of imidazole rings is 1. The second-order valence-electron chi connectivity index (χ2n) is 9.76. The maximum Gasteiger partial charge on any atom is 0.315 e. The Morgan fingerprint density at radius 3 is 2.34 bits per heavy atom. The molecule has 188 valence electrons. The van der Waals surface area contributed by atoms with E-state index in [0.29, 0.717) is 22.6 Å². The molecule has 6 nitrogen and oxygen atoms in total. The summed E-state index contributed by atoms with van der Waals surface area (Å²) in [5.74, 6) is -0.287. The van der Waals surface area contributed by atoms with Crippen LogP contribution in [0, 0.1) is 17.0 Å². The predicted octanol–water partition coefficient (Wildman–Crippen LogP) is 5.03. The quantitative estimate of drug-likeness (QED) is 0.444. The van der Waals surface area contributed by atoms with Gasteiger partial charge in [0.05, 0.1) is 11.7 Å². The summed E-state index contributed by atoms with van der Waals surface area (Å²) in [6, 6.07) is 10.2. The lowest BCUT2D eigenvalue weighted by Gasteiger charge is -2.39. The van der Waals surface area contributed by atoms with Crippen LogP contribution in [-0.4, -0.2) is 39.7 Å². The van der Waals surface area contributed by atoms with Gasteiger partial charge >= 0.3 is 6.03 Å². The molecule has 1 heterocycles. The Morgan fingerprint density at radius 1 is 1.11 bits per heavy atom. The highest BCUT2D eigenvalue weighted by atomic mass is 19.1. The Kier molecular flexibility index (Phi) is 8.22. The van der Waals surface area contributed by atoms with E-state index in [1.54, 1.807) is 30.5 Å². The number of hydrogen-bond acceptors (Lipinski definition) is 3. The zero-order valence-corrected chi connectivity index (χ0v) is 20.2. The smallest absolute Gasteiger partial charge is 0.315 e. The number of alkyl halides is 1. The Labute approximate surface area is 203 Å². The minimum absolute atomic E-state index is 0.129. The molecule has 9 heteroatoms. The van der Waals surface area contributed by atoms with E-state index in [-0.39, 0.29) is 25.3 Å². The molecule has 3 rings (SSSR count). The summed E-state index contributed by atoms with van der Waals surface area (Å²) in [6.07, 6.45) is 1.97. The third kappa shape index (κ3) is 6.63. The third-order valence-electron chi connectivity index (χ3n) is 5.77. The molecule has 0 aliphatic carbocycles. The van der Waals surface area contributed by atoms with Gasteiger partial charge in [-0.25, -0.2) is 22.9 Å². The van der Waals surface area contributed by atoms with Crippen molar-refractivity contribution in [2.24, 2.45) is 16.9 Å². The fourth-order valence-electron chi connectivity index (χ4n) is 4.14. The predicted molar refractivity (Wildman–Crippen MR) is 130 cm³/mol. The molecule has 0 saturated heterocycles. The molecule has 1 aromatic heterocycles. The molecule has 0 fully saturated rings. The van der Waals surface area contributed by atoms with Crippen LogP contribution in [0.15, 0.2) is 54.7 Å². The first-order chi connectivity index (χ1) is 16.5. The number of aromatic nitrogens is 2. The van der Waals surface area contributed by atoms with Crippen molar-refractivity contribution < 1.29 is 18.0 Å². The topological polar surface area (TPSA) is 90.2 Å². The van der Waals surface area contributed by atoms with Gasteiger partial charge in [-0.05, 0) is 41.7 Å². The number of rotatable bonds is 9. The van der Waals surface area contributed by atoms with Gasteiger partial charge in [0.1, 0.15) is 24.1 Å². The largest absolute Gasteiger partial charge is 0.351 e. The monoisotopic (exact) mass is 487 g/mol. The van der Waals surface area contributed by atoms with Crippen LogP contribution in [0.5, 0.6) is 0 Å². The van der Waals surface area contributed by atoms with Crippen molar-refractivity contribution in [2.45, 2.75) is 45.8 Å². The molecule has 0 radical (unpaired) electrons. The summed E-state index contributed by atoms with van der Waals surface area (Å²) in [6.45, 7) is 5.48. The molecule has 0 aliphatic rings. The fraction of sp³-hybridized carbons (Fsp3) is 0.385. The Balaban J connectivity index is 2.14. The van der Waals surface area contributed by atoms with E-state index in [1.165, 1.54) is 29.2 Å². The fourth-order valence-corrected chi connectivity index (χ4v) is 4.14. The number of halogens is 3. The number of urea groups is 1. The van der Waals surface area contributed by atoms with E-state index in [9.17, 15) is 18.0 Å². The van der Waals surface area contributed by atoms with Crippen molar-refractivity contribution >= 4 is 6.03 Å². The van der Waals surface area contributed by atoms with Crippen molar-refractivity contribution in [1.82, 2.24) is 14.5 Å². The molecule has 35 heavy (non-hydrogen) atoms. The molecular formula is C26H32F3N5O. The highest BCUT2D eigenvalue weighted by molar-refractivity contribution is 5.72. The van der Waals surface area contributed by atoms with Crippen LogP contribution < -0.4 is 11.5 Å². The summed E-state index contributed by atoms with van der Waals surface area (Å²) in [5, 5.41) is 0. The highest BCUT2D eigenvalue weighted by Gasteiger charge is 2.37. The summed E-state index contributed by atoms with van der Waals surface area (Å²) in [5.41, 5.74) is 12.7. The number of nitrogens with zero attached hydrogens (tertiary/aromatic N) is 3. The van der Waals surface area contributed by atoms with Gasteiger partial charge in [-0.2, -0.15) is 0 Å². The zero-order valence-electron chi connectivity index (χ0n) is 20.2. The van der Waals surface area contributed by atoms with Crippen LogP contribution in [0.2, 0.25) is 0 Å². The second-order valence-corrected chi connectivity index (χ2v) is 9.76. The minimum atomic E-state index is -0.729. The van der Waals surface area contributed by atoms with Gasteiger partial charge < -0.3 is 20.9 Å². The highest BCUT2D eigenvalue weighted by Crippen LogP contribution is 2.39. The summed E-state index contributed by atoms with van der Waals surface area (Å²) < 4.78 is 42.7. The summed E-state index contributed by atoms with van der Waals surface area (Å²) in [4.78, 5) is 18.8. The van der Waals surface area contributed by atoms with Crippen LogP contribution in [0.3, 0.4) is 0 Å². The number of carbonyl (C=O) groups excluding carboxylic acids is 1. The minimum Gasteiger partial charge on any atom is -0.351 e. The average molecular weight is 488 g/mol. The summed E-state index contributed by atoms with van der Waals surface area (Å²) >= 11 is 0. The van der Waals surface area contributed by atoms with Gasteiger partial charge in [0.25, 0.3) is 0 Å². The van der Waals surface area contributed by atoms with E-state index < -0.39 is 36.0 Å². The first-order valence-corrected chi connectivity index (χ1v) is 11.4. The lowest BCUT2D eigenvalue weighted by Crippen LogP contribution is -2.46. The van der Waals surface area contributed by atoms with Gasteiger partial charge in [-0.3, -0.25) is 0 Å². The van der Waals surface area contributed by atoms with Crippen LogP contribution in [-0.2, 0) is 6.54 Å². The van der Waals surface area contributed by atoms with Crippen molar-refractivity contribution in [2.75, 3.05) is 13.2 Å². The van der Waals surface area contributed by atoms with Gasteiger partial charge in [-0.1, -0.05) is 45.0 Å². The number of nitrogens with two attached hydrogens (primary N) is 2. The van der Waals surface area contributed by atoms with Crippen molar-refractivity contribution in [3.63, 3.8) is 0 Å². The molecule has 0 aliphatic heterocycles. The van der Waals surface area contributed by atoms with Gasteiger partial charge in [-0.15, -0.1) is 0 Å². The maximum absolute atomic E-state index is 14.0. The maximum atomic E-state index is 14.0. The van der Waals surface area contributed by atoms with E-state index in [0.717, 1.165) is 0 Å². The van der Waals surface area contributed by atoms with Crippen LogP contribution >= 0.6 is 0 Å². The molecule has 3 aromatic rings. The van der Waals surface area contributed by atoms with Crippen LogP contribution in [0.4, 0.5) is 18.0 Å². The van der Waals surface area contributed by atoms with Crippen LogP contribution in [0.25, 0.3) is 11.3 Å². The average Bonchev–Trinajstić information content (AvgIpc) is 3.18. The number of benzene rings is 2. The van der Waals surface area contributed by atoms with Crippen LogP contribution in [0.1, 0.15) is 44.6 Å². The molecule has 1 unspecified atom stereocenters. The lowest BCUT2D eigenvalue weighted by atomic mass is 9.84. The molecule has 2 aromatic carbocycles. The normalized spacial score (nSPS) is 13.5. The molecule has 4 N–H and O–H groups in total. The first kappa shape index (κ1) is 26.3. The Hall–Kier alpha value is -3.33. The van der Waals surface area contributed by atoms with E-state index in [2.05, 4.69) is 0 Å². The van der Waals surface area contributed by atoms with Crippen molar-refractivity contribution in [3.8, 4) is 11.3 Å². The number of primary amides is 1. The van der Waals surface area contributed by atoms with Gasteiger partial charge in [0.15, 0.2) is 0 Å². The standard InChI is InChI=1S/C26H32F3N5O/c1-26(2,3)23(34(25(31)35)11-10-21(30)14-27)24-32-22(18-7-5-9-20(29)13-18)16-33(24)15-17-6-4-8-19(28)12-17/h4-9,12-13,16,21,23H,10-11,14-15,30H2,1-3H3,(H2,31,35)/t21?,23-/m0/s1. The molecule has 0 spiro atoms. The molecule has 2 amide bonds. The first-order valence-electron chi connectivity index (χ1n) is 11.4. The number of carbonyl (C=O) groups is 1. The number of hydrogen-bond donors (Lipinski definition) is 2. The van der Waals surface area contributed by atoms with Gasteiger partial charge in [0.2, 0.25) is 0 Å². The number of amides is 2. The van der Waals surface area contributed by atoms with Crippen molar-refractivity contribution in [1.29, 1.82) is 0 Å². The van der Waals surface area contributed by atoms with E-state index >= 15 is 0 Å². The second kappa shape index (κ2) is 10.9. The lowest BCUT2D eigenvalue weighted by molar-refractivity contribution is 0.111. The molecule has 2 atom stereocenters. The Bertz CT molecular complexity index is 1160. The third-order valence-corrected chi connectivity index (χ3v) is 5.77. The SMILES string of the molecule is CC(C)(C)[C@H](c1nc(-c2cccc(F)c2)cn1Cc1cccc(F)c1)N(CCC(N)CF)C(N)=O. The molecular weight excluding hydrogens is 455 g/mol. The van der Waals surface area contributed by atoms with Crippen molar-refractivity contribution in [3.05, 3.63) is 77.8 Å². The van der Waals surface area contributed by atoms with Gasteiger partial charge in [0, 0.05) is 30.9 Å². The summed E-state index contributed by atoms with van der Waals surface area (Å²) in [7, 11) is 0. The van der Waals surface area contributed by atoms with E-state index in [1.807, 2.05) is 25.3 Å². The Morgan fingerprint density at radius 2 is 1.77 bits per heavy atom. The van der Waals surface area contributed by atoms with E-state index in [4.69, 9.17) is 16.5 Å². The molecule has 0 saturated carbocycles.